The van der Waals surface area contributed by atoms with E-state index >= 15 is 0 Å². The van der Waals surface area contributed by atoms with Gasteiger partial charge in [0.25, 0.3) is 11.5 Å². The van der Waals surface area contributed by atoms with Gasteiger partial charge in [0.05, 0.1) is 16.8 Å². The third kappa shape index (κ3) is 4.08. The lowest BCUT2D eigenvalue weighted by Crippen LogP contribution is -2.51. The summed E-state index contributed by atoms with van der Waals surface area (Å²) in [5.74, 6) is 0.526. The molecule has 4 aromatic rings. The van der Waals surface area contributed by atoms with Crippen molar-refractivity contribution in [1.82, 2.24) is 19.0 Å². The Morgan fingerprint density at radius 2 is 1.56 bits per heavy atom. The molecule has 0 N–H and O–H groups in total. The van der Waals surface area contributed by atoms with Gasteiger partial charge in [-0.1, -0.05) is 30.3 Å². The molecule has 0 bridgehead atoms. The largest absolute Gasteiger partial charge is 0.354 e. The summed E-state index contributed by atoms with van der Waals surface area (Å²) < 4.78 is 2.57. The van der Waals surface area contributed by atoms with E-state index in [0.29, 0.717) is 37.6 Å². The first-order chi connectivity index (χ1) is 17.2. The van der Waals surface area contributed by atoms with Crippen molar-refractivity contribution in [2.24, 2.45) is 14.1 Å². The maximum Gasteiger partial charge on any atom is 0.332 e. The first-order valence-electron chi connectivity index (χ1n) is 12.0. The lowest BCUT2D eigenvalue weighted by atomic mass is 10.00. The lowest BCUT2D eigenvalue weighted by Gasteiger charge is -2.36. The van der Waals surface area contributed by atoms with Crippen molar-refractivity contribution in [3.63, 3.8) is 0 Å². The van der Waals surface area contributed by atoms with E-state index in [1.165, 1.54) is 28.8 Å². The Morgan fingerprint density at radius 3 is 2.28 bits per heavy atom. The highest BCUT2D eigenvalue weighted by molar-refractivity contribution is 6.07. The molecule has 36 heavy (non-hydrogen) atoms. The van der Waals surface area contributed by atoms with Crippen LogP contribution >= 0.6 is 0 Å². The van der Waals surface area contributed by atoms with Crippen molar-refractivity contribution >= 4 is 22.6 Å². The number of rotatable bonds is 3. The molecule has 0 saturated carbocycles. The lowest BCUT2D eigenvalue weighted by molar-refractivity contribution is 0.0748. The smallest absolute Gasteiger partial charge is 0.332 e. The summed E-state index contributed by atoms with van der Waals surface area (Å²) in [6.07, 6.45) is 0. The summed E-state index contributed by atoms with van der Waals surface area (Å²) in [5, 5.41) is 0.825. The number of piperazine rings is 1. The number of para-hydroxylation sites is 1. The van der Waals surface area contributed by atoms with Gasteiger partial charge in [-0.2, -0.15) is 0 Å². The molecule has 2 aromatic carbocycles. The van der Waals surface area contributed by atoms with Gasteiger partial charge in [-0.25, -0.2) is 9.78 Å². The quantitative estimate of drug-likeness (QED) is 0.448. The third-order valence-corrected chi connectivity index (χ3v) is 7.14. The fourth-order valence-electron chi connectivity index (χ4n) is 4.73. The monoisotopic (exact) mass is 483 g/mol. The van der Waals surface area contributed by atoms with Crippen LogP contribution < -0.4 is 16.1 Å². The summed E-state index contributed by atoms with van der Waals surface area (Å²) in [7, 11) is 3.13. The molecule has 0 aliphatic carbocycles. The number of aryl methyl sites for hydroxylation is 2. The first-order valence-corrected chi connectivity index (χ1v) is 12.0. The molecule has 1 fully saturated rings. The van der Waals surface area contributed by atoms with Gasteiger partial charge in [-0.15, -0.1) is 0 Å². The summed E-state index contributed by atoms with van der Waals surface area (Å²) in [5.41, 5.74) is 4.85. The van der Waals surface area contributed by atoms with Gasteiger partial charge in [0.2, 0.25) is 0 Å². The van der Waals surface area contributed by atoms with Crippen LogP contribution in [0.25, 0.3) is 22.2 Å². The molecule has 1 aliphatic heterocycles. The van der Waals surface area contributed by atoms with E-state index in [1.807, 2.05) is 46.2 Å². The van der Waals surface area contributed by atoms with E-state index in [9.17, 15) is 14.4 Å². The molecule has 184 valence electrons. The molecule has 3 heterocycles. The Bertz CT molecular complexity index is 1610. The Labute approximate surface area is 209 Å². The third-order valence-electron chi connectivity index (χ3n) is 7.14. The average molecular weight is 484 g/mol. The summed E-state index contributed by atoms with van der Waals surface area (Å²) >= 11 is 0. The molecule has 5 rings (SSSR count). The zero-order chi connectivity index (χ0) is 25.6. The van der Waals surface area contributed by atoms with E-state index in [2.05, 4.69) is 26.0 Å². The standard InChI is InChI=1S/C28H29N5O3/c1-18-9-10-20(15-19(18)2)24-16-22(21-7-5-6-8-23(21)29-24)27(35)33-13-11-32(12-14-33)25-17-26(34)31(4)28(36)30(25)3/h5-10,15-17H,11-14H2,1-4H3. The van der Waals surface area contributed by atoms with E-state index in [0.717, 1.165) is 26.7 Å². The topological polar surface area (TPSA) is 80.4 Å². The second-order valence-corrected chi connectivity index (χ2v) is 9.39. The normalized spacial score (nSPS) is 13.9. The van der Waals surface area contributed by atoms with Gasteiger partial charge < -0.3 is 9.80 Å². The number of nitrogens with zero attached hydrogens (tertiary/aromatic N) is 5. The molecule has 0 spiro atoms. The van der Waals surface area contributed by atoms with E-state index in [4.69, 9.17) is 4.98 Å². The Kier molecular flexibility index (Phi) is 5.96. The molecule has 0 unspecified atom stereocenters. The second kappa shape index (κ2) is 9.11. The fourth-order valence-corrected chi connectivity index (χ4v) is 4.73. The number of carbonyl (C=O) groups is 1. The maximum atomic E-state index is 13.8. The number of pyridine rings is 1. The molecule has 1 amide bonds. The van der Waals surface area contributed by atoms with E-state index in [1.54, 1.807) is 7.05 Å². The van der Waals surface area contributed by atoms with Gasteiger partial charge >= 0.3 is 5.69 Å². The van der Waals surface area contributed by atoms with Gasteiger partial charge in [0.1, 0.15) is 5.82 Å². The number of carbonyl (C=O) groups excluding carboxylic acids is 1. The van der Waals surface area contributed by atoms with Crippen molar-refractivity contribution in [3.05, 3.63) is 92.1 Å². The number of amides is 1. The minimum Gasteiger partial charge on any atom is -0.354 e. The van der Waals surface area contributed by atoms with Gasteiger partial charge in [-0.3, -0.25) is 18.7 Å². The van der Waals surface area contributed by atoms with Crippen LogP contribution in [-0.2, 0) is 14.1 Å². The maximum absolute atomic E-state index is 13.8. The van der Waals surface area contributed by atoms with Crippen molar-refractivity contribution in [3.8, 4) is 11.3 Å². The number of anilines is 1. The highest BCUT2D eigenvalue weighted by atomic mass is 16.2. The van der Waals surface area contributed by atoms with E-state index < -0.39 is 0 Å². The number of hydrogen-bond donors (Lipinski definition) is 0. The Hall–Kier alpha value is -4.20. The predicted molar refractivity (Wildman–Crippen MR) is 142 cm³/mol. The molecule has 8 nitrogen and oxygen atoms in total. The number of fused-ring (bicyclic) bond motifs is 1. The van der Waals surface area contributed by atoms with Crippen molar-refractivity contribution < 1.29 is 4.79 Å². The van der Waals surface area contributed by atoms with Gasteiger partial charge in [0, 0.05) is 57.3 Å². The van der Waals surface area contributed by atoms with Crippen LogP contribution in [0.4, 0.5) is 5.82 Å². The predicted octanol–water partition coefficient (Wildman–Crippen LogP) is 2.88. The molecular formula is C28H29N5O3. The van der Waals surface area contributed by atoms with Crippen molar-refractivity contribution in [2.75, 3.05) is 31.1 Å². The van der Waals surface area contributed by atoms with Crippen LogP contribution in [0.5, 0.6) is 0 Å². The van der Waals surface area contributed by atoms with Gasteiger partial charge in [0.15, 0.2) is 0 Å². The Morgan fingerprint density at radius 1 is 0.833 bits per heavy atom. The highest BCUT2D eigenvalue weighted by Gasteiger charge is 2.26. The molecular weight excluding hydrogens is 454 g/mol. The highest BCUT2D eigenvalue weighted by Crippen LogP contribution is 2.27. The minimum atomic E-state index is -0.363. The van der Waals surface area contributed by atoms with Gasteiger partial charge in [-0.05, 0) is 43.2 Å². The number of aromatic nitrogens is 3. The first kappa shape index (κ1) is 23.5. The SMILES string of the molecule is Cc1ccc(-c2cc(C(=O)N3CCN(c4cc(=O)n(C)c(=O)n4C)CC3)c3ccccc3n2)cc1C. The molecule has 1 aliphatic rings. The average Bonchev–Trinajstić information content (AvgIpc) is 2.90. The fraction of sp³-hybridized carbons (Fsp3) is 0.286. The molecule has 0 radical (unpaired) electrons. The zero-order valence-electron chi connectivity index (χ0n) is 21.0. The van der Waals surface area contributed by atoms with Crippen LogP contribution in [0.2, 0.25) is 0 Å². The Balaban J connectivity index is 1.45. The van der Waals surface area contributed by atoms with Crippen LogP contribution in [0.3, 0.4) is 0 Å². The van der Waals surface area contributed by atoms with Crippen LogP contribution in [0.1, 0.15) is 21.5 Å². The van der Waals surface area contributed by atoms with Crippen molar-refractivity contribution in [2.45, 2.75) is 13.8 Å². The minimum absolute atomic E-state index is 0.0452. The van der Waals surface area contributed by atoms with Crippen molar-refractivity contribution in [1.29, 1.82) is 0 Å². The van der Waals surface area contributed by atoms with Crippen LogP contribution in [0, 0.1) is 13.8 Å². The van der Waals surface area contributed by atoms with Crippen LogP contribution in [0.15, 0.2) is 64.2 Å². The number of benzene rings is 2. The second-order valence-electron chi connectivity index (χ2n) is 9.39. The molecule has 8 heteroatoms. The molecule has 2 aromatic heterocycles. The molecule has 1 saturated heterocycles. The summed E-state index contributed by atoms with van der Waals surface area (Å²) in [4.78, 5) is 46.9. The summed E-state index contributed by atoms with van der Waals surface area (Å²) in [6, 6.07) is 17.3. The summed E-state index contributed by atoms with van der Waals surface area (Å²) in [6.45, 7) is 6.17. The number of hydrogen-bond acceptors (Lipinski definition) is 5. The zero-order valence-corrected chi connectivity index (χ0v) is 21.0. The van der Waals surface area contributed by atoms with E-state index in [-0.39, 0.29) is 17.2 Å². The van der Waals surface area contributed by atoms with Crippen LogP contribution in [-0.4, -0.2) is 51.1 Å². The molecule has 0 atom stereocenters.